The Balaban J connectivity index is 1.35. The molecule has 0 radical (unpaired) electrons. The number of rotatable bonds is 3. The number of carbonyl (C=O) groups excluding carboxylic acids is 1. The van der Waals surface area contributed by atoms with Gasteiger partial charge in [0.15, 0.2) is 5.82 Å². The Kier molecular flexibility index (Phi) is 4.40. The molecule has 0 spiro atoms. The number of urea groups is 1. The number of nitrogens with one attached hydrogen (secondary N) is 1. The van der Waals surface area contributed by atoms with E-state index in [1.54, 1.807) is 11.0 Å². The van der Waals surface area contributed by atoms with Crippen molar-refractivity contribution in [2.75, 3.05) is 31.6 Å². The molecule has 0 saturated carbocycles. The number of ether oxygens (including phenoxy) is 1. The first-order valence-corrected chi connectivity index (χ1v) is 8.79. The van der Waals surface area contributed by atoms with Crippen molar-refractivity contribution >= 4 is 11.7 Å². The summed E-state index contributed by atoms with van der Waals surface area (Å²) in [7, 11) is 1.84. The number of hydrogen-bond acceptors (Lipinski definition) is 4. The van der Waals surface area contributed by atoms with Crippen LogP contribution in [0.1, 0.15) is 12.8 Å². The third kappa shape index (κ3) is 3.51. The lowest BCUT2D eigenvalue weighted by Crippen LogP contribution is -2.33. The van der Waals surface area contributed by atoms with E-state index < -0.39 is 0 Å². The van der Waals surface area contributed by atoms with Crippen LogP contribution in [0.25, 0.3) is 11.4 Å². The minimum absolute atomic E-state index is 0.0230. The standard InChI is InChI=1S/C18H23N5O2/c1-22-12-19-17(21-22)13-2-4-16(5-3-13)20-18(24)23-8-6-14(10-23)15-7-9-25-11-15/h2-5,12,14-15H,6-11H2,1H3,(H,20,24)/t14-,15-/m1/s1. The van der Waals surface area contributed by atoms with Crippen molar-refractivity contribution in [1.29, 1.82) is 0 Å². The van der Waals surface area contributed by atoms with Gasteiger partial charge < -0.3 is 15.0 Å². The highest BCUT2D eigenvalue weighted by atomic mass is 16.5. The lowest BCUT2D eigenvalue weighted by Gasteiger charge is -2.19. The average molecular weight is 341 g/mol. The van der Waals surface area contributed by atoms with Crippen LogP contribution in [0.4, 0.5) is 10.5 Å². The van der Waals surface area contributed by atoms with Gasteiger partial charge in [0, 0.05) is 44.6 Å². The van der Waals surface area contributed by atoms with Crippen LogP contribution in [-0.2, 0) is 11.8 Å². The second kappa shape index (κ2) is 6.84. The van der Waals surface area contributed by atoms with Crippen LogP contribution in [-0.4, -0.2) is 52.0 Å². The van der Waals surface area contributed by atoms with Gasteiger partial charge in [-0.1, -0.05) is 0 Å². The number of anilines is 1. The molecule has 3 heterocycles. The van der Waals surface area contributed by atoms with Crippen molar-refractivity contribution in [2.24, 2.45) is 18.9 Å². The van der Waals surface area contributed by atoms with E-state index in [0.29, 0.717) is 17.7 Å². The third-order valence-corrected chi connectivity index (χ3v) is 5.14. The lowest BCUT2D eigenvalue weighted by atomic mass is 9.91. The molecule has 7 heteroatoms. The Morgan fingerprint density at radius 1 is 1.24 bits per heavy atom. The Labute approximate surface area is 147 Å². The molecule has 2 aliphatic heterocycles. The molecule has 2 aliphatic rings. The van der Waals surface area contributed by atoms with Crippen LogP contribution in [0, 0.1) is 11.8 Å². The molecular formula is C18H23N5O2. The molecule has 2 saturated heterocycles. The first-order valence-electron chi connectivity index (χ1n) is 8.79. The Morgan fingerprint density at radius 2 is 2.08 bits per heavy atom. The van der Waals surface area contributed by atoms with E-state index in [1.807, 2.05) is 36.2 Å². The van der Waals surface area contributed by atoms with Crippen LogP contribution >= 0.6 is 0 Å². The predicted molar refractivity (Wildman–Crippen MR) is 94.1 cm³/mol. The van der Waals surface area contributed by atoms with Gasteiger partial charge in [0.25, 0.3) is 0 Å². The van der Waals surface area contributed by atoms with Gasteiger partial charge in [0.1, 0.15) is 6.33 Å². The monoisotopic (exact) mass is 341 g/mol. The maximum absolute atomic E-state index is 12.5. The van der Waals surface area contributed by atoms with Crippen molar-refractivity contribution in [1.82, 2.24) is 19.7 Å². The van der Waals surface area contributed by atoms with Gasteiger partial charge in [-0.2, -0.15) is 5.10 Å². The van der Waals surface area contributed by atoms with E-state index in [9.17, 15) is 4.79 Å². The van der Waals surface area contributed by atoms with Gasteiger partial charge in [-0.3, -0.25) is 4.68 Å². The van der Waals surface area contributed by atoms with E-state index in [4.69, 9.17) is 4.74 Å². The molecule has 25 heavy (non-hydrogen) atoms. The number of aryl methyl sites for hydroxylation is 1. The molecule has 2 atom stereocenters. The molecule has 2 fully saturated rings. The first kappa shape index (κ1) is 16.1. The maximum atomic E-state index is 12.5. The molecule has 2 aromatic rings. The van der Waals surface area contributed by atoms with E-state index in [-0.39, 0.29) is 6.03 Å². The van der Waals surface area contributed by atoms with Crippen molar-refractivity contribution in [2.45, 2.75) is 12.8 Å². The lowest BCUT2D eigenvalue weighted by molar-refractivity contribution is 0.171. The predicted octanol–water partition coefficient (Wildman–Crippen LogP) is 2.37. The highest BCUT2D eigenvalue weighted by molar-refractivity contribution is 5.89. The summed E-state index contributed by atoms with van der Waals surface area (Å²) in [6.45, 7) is 3.37. The molecule has 0 unspecified atom stereocenters. The second-order valence-electron chi connectivity index (χ2n) is 6.87. The number of amides is 2. The van der Waals surface area contributed by atoms with Crippen molar-refractivity contribution in [3.63, 3.8) is 0 Å². The van der Waals surface area contributed by atoms with Gasteiger partial charge in [0.2, 0.25) is 0 Å². The summed E-state index contributed by atoms with van der Waals surface area (Å²) < 4.78 is 7.15. The van der Waals surface area contributed by atoms with Gasteiger partial charge >= 0.3 is 6.03 Å². The largest absolute Gasteiger partial charge is 0.381 e. The van der Waals surface area contributed by atoms with Gasteiger partial charge in [-0.25, -0.2) is 9.78 Å². The second-order valence-corrected chi connectivity index (χ2v) is 6.87. The number of hydrogen-bond donors (Lipinski definition) is 1. The van der Waals surface area contributed by atoms with Crippen LogP contribution in [0.3, 0.4) is 0 Å². The summed E-state index contributed by atoms with van der Waals surface area (Å²) >= 11 is 0. The Hall–Kier alpha value is -2.41. The molecule has 1 N–H and O–H groups in total. The number of nitrogens with zero attached hydrogens (tertiary/aromatic N) is 4. The van der Waals surface area contributed by atoms with Gasteiger partial charge in [-0.15, -0.1) is 0 Å². The number of carbonyl (C=O) groups is 1. The maximum Gasteiger partial charge on any atom is 0.321 e. The third-order valence-electron chi connectivity index (χ3n) is 5.14. The minimum atomic E-state index is -0.0230. The highest BCUT2D eigenvalue weighted by Crippen LogP contribution is 2.30. The summed E-state index contributed by atoms with van der Waals surface area (Å²) in [5.41, 5.74) is 1.72. The zero-order chi connectivity index (χ0) is 17.2. The first-order chi connectivity index (χ1) is 12.2. The number of aromatic nitrogens is 3. The van der Waals surface area contributed by atoms with E-state index in [2.05, 4.69) is 15.4 Å². The van der Waals surface area contributed by atoms with E-state index in [1.165, 1.54) is 0 Å². The van der Waals surface area contributed by atoms with Gasteiger partial charge in [-0.05, 0) is 48.9 Å². The van der Waals surface area contributed by atoms with Crippen LogP contribution in [0.5, 0.6) is 0 Å². The van der Waals surface area contributed by atoms with Crippen LogP contribution < -0.4 is 5.32 Å². The Morgan fingerprint density at radius 3 is 2.76 bits per heavy atom. The topological polar surface area (TPSA) is 72.3 Å². The van der Waals surface area contributed by atoms with Crippen molar-refractivity contribution < 1.29 is 9.53 Å². The fraction of sp³-hybridized carbons (Fsp3) is 0.500. The molecule has 0 aliphatic carbocycles. The summed E-state index contributed by atoms with van der Waals surface area (Å²) in [4.78, 5) is 18.6. The SMILES string of the molecule is Cn1cnc(-c2ccc(NC(=O)N3CC[C@@H]([C@@H]4CCOC4)C3)cc2)n1. The van der Waals surface area contributed by atoms with Crippen molar-refractivity contribution in [3.05, 3.63) is 30.6 Å². The van der Waals surface area contributed by atoms with Crippen LogP contribution in [0.15, 0.2) is 30.6 Å². The zero-order valence-corrected chi connectivity index (χ0v) is 14.4. The summed E-state index contributed by atoms with van der Waals surface area (Å²) in [5.74, 6) is 1.87. The molecule has 132 valence electrons. The van der Waals surface area contributed by atoms with Crippen LogP contribution in [0.2, 0.25) is 0 Å². The van der Waals surface area contributed by atoms with E-state index >= 15 is 0 Å². The Bertz CT molecular complexity index is 736. The molecule has 2 amide bonds. The minimum Gasteiger partial charge on any atom is -0.381 e. The van der Waals surface area contributed by atoms with Gasteiger partial charge in [0.05, 0.1) is 0 Å². The molecule has 1 aromatic carbocycles. The molecule has 1 aromatic heterocycles. The van der Waals surface area contributed by atoms with Crippen molar-refractivity contribution in [3.8, 4) is 11.4 Å². The highest BCUT2D eigenvalue weighted by Gasteiger charge is 2.33. The summed E-state index contributed by atoms with van der Waals surface area (Å²) in [5, 5.41) is 7.27. The fourth-order valence-corrected chi connectivity index (χ4v) is 3.66. The summed E-state index contributed by atoms with van der Waals surface area (Å²) in [6, 6.07) is 7.61. The normalized spacial score (nSPS) is 23.2. The zero-order valence-electron chi connectivity index (χ0n) is 14.4. The number of likely N-dealkylation sites (tertiary alicyclic amines) is 1. The molecular weight excluding hydrogens is 318 g/mol. The number of benzene rings is 1. The molecule has 4 rings (SSSR count). The smallest absolute Gasteiger partial charge is 0.321 e. The molecule has 0 bridgehead atoms. The molecule has 7 nitrogen and oxygen atoms in total. The average Bonchev–Trinajstić information content (AvgIpc) is 3.36. The quantitative estimate of drug-likeness (QED) is 0.930. The van der Waals surface area contributed by atoms with E-state index in [0.717, 1.165) is 50.4 Å². The fourth-order valence-electron chi connectivity index (χ4n) is 3.66. The summed E-state index contributed by atoms with van der Waals surface area (Å²) in [6.07, 6.45) is 3.87.